The lowest BCUT2D eigenvalue weighted by molar-refractivity contribution is 0.0950. The highest BCUT2D eigenvalue weighted by Crippen LogP contribution is 2.18. The molecule has 0 saturated carbocycles. The second kappa shape index (κ2) is 9.01. The monoisotopic (exact) mass is 390 g/mol. The molecule has 1 N–H and O–H groups in total. The van der Waals surface area contributed by atoms with Crippen LogP contribution in [0.25, 0.3) is 11.5 Å². The van der Waals surface area contributed by atoms with Crippen molar-refractivity contribution in [3.8, 4) is 11.5 Å². The molecule has 0 spiro atoms. The first-order valence-electron chi connectivity index (χ1n) is 10.2. The highest BCUT2D eigenvalue weighted by Gasteiger charge is 2.13. The molecule has 0 aliphatic carbocycles. The Balaban J connectivity index is 1.38. The Morgan fingerprint density at radius 3 is 2.45 bits per heavy atom. The maximum Gasteiger partial charge on any atom is 0.257 e. The van der Waals surface area contributed by atoms with E-state index < -0.39 is 0 Å². The number of aromatic nitrogens is 2. The smallest absolute Gasteiger partial charge is 0.257 e. The van der Waals surface area contributed by atoms with Gasteiger partial charge in [0.15, 0.2) is 5.82 Å². The van der Waals surface area contributed by atoms with Crippen LogP contribution in [-0.4, -0.2) is 34.0 Å². The van der Waals surface area contributed by atoms with E-state index in [1.807, 2.05) is 18.2 Å². The van der Waals surface area contributed by atoms with Crippen LogP contribution < -0.4 is 5.32 Å². The summed E-state index contributed by atoms with van der Waals surface area (Å²) in [6.45, 7) is 5.56. The number of likely N-dealkylation sites (tertiary alicyclic amines) is 1. The van der Waals surface area contributed by atoms with Gasteiger partial charge in [0.25, 0.3) is 11.8 Å². The molecule has 2 heterocycles. The van der Waals surface area contributed by atoms with E-state index >= 15 is 0 Å². The van der Waals surface area contributed by atoms with Gasteiger partial charge in [-0.25, -0.2) is 0 Å². The van der Waals surface area contributed by atoms with Crippen LogP contribution in [0.2, 0.25) is 0 Å². The molecule has 0 unspecified atom stereocenters. The first-order chi connectivity index (χ1) is 14.2. The topological polar surface area (TPSA) is 71.3 Å². The summed E-state index contributed by atoms with van der Waals surface area (Å²) in [5, 5.41) is 6.84. The van der Waals surface area contributed by atoms with Crippen molar-refractivity contribution in [2.75, 3.05) is 13.1 Å². The van der Waals surface area contributed by atoms with Crippen molar-refractivity contribution in [2.45, 2.75) is 39.3 Å². The second-order valence-electron chi connectivity index (χ2n) is 7.51. The summed E-state index contributed by atoms with van der Waals surface area (Å²) in [6.07, 6.45) is 3.88. The quantitative estimate of drug-likeness (QED) is 0.690. The molecule has 150 valence electrons. The summed E-state index contributed by atoms with van der Waals surface area (Å²) in [5.74, 6) is 0.956. The van der Waals surface area contributed by atoms with Gasteiger partial charge in [-0.1, -0.05) is 35.8 Å². The highest BCUT2D eigenvalue weighted by molar-refractivity contribution is 5.94. The molecule has 0 atom stereocenters. The summed E-state index contributed by atoms with van der Waals surface area (Å²) >= 11 is 0. The van der Waals surface area contributed by atoms with Crippen LogP contribution in [0.15, 0.2) is 53.1 Å². The maximum atomic E-state index is 12.6. The minimum Gasteiger partial charge on any atom is -0.348 e. The largest absolute Gasteiger partial charge is 0.348 e. The van der Waals surface area contributed by atoms with E-state index in [1.165, 1.54) is 30.4 Å². The number of nitrogens with zero attached hydrogens (tertiary/aromatic N) is 3. The van der Waals surface area contributed by atoms with Crippen LogP contribution in [0.5, 0.6) is 0 Å². The van der Waals surface area contributed by atoms with E-state index in [9.17, 15) is 4.79 Å². The zero-order valence-electron chi connectivity index (χ0n) is 16.7. The summed E-state index contributed by atoms with van der Waals surface area (Å²) in [7, 11) is 0. The van der Waals surface area contributed by atoms with Gasteiger partial charge in [-0.05, 0) is 68.2 Å². The Bertz CT molecular complexity index is 959. The average Bonchev–Trinajstić information content (AvgIpc) is 3.20. The standard InChI is InChI=1S/C23H26N4O2/c1-17-25-23(29-26-17)19-11-9-18(10-12-19)22(28)24-15-20-7-3-4-8-21(20)16-27-13-5-2-6-14-27/h3-4,7-12H,2,5-6,13-16H2,1H3,(H,24,28). The fourth-order valence-corrected chi connectivity index (χ4v) is 3.70. The van der Waals surface area contributed by atoms with Crippen molar-refractivity contribution in [3.63, 3.8) is 0 Å². The number of hydrogen-bond donors (Lipinski definition) is 1. The number of rotatable bonds is 6. The van der Waals surface area contributed by atoms with Crippen molar-refractivity contribution in [3.05, 3.63) is 71.0 Å². The van der Waals surface area contributed by atoms with Gasteiger partial charge < -0.3 is 9.84 Å². The lowest BCUT2D eigenvalue weighted by Crippen LogP contribution is -2.30. The lowest BCUT2D eigenvalue weighted by atomic mass is 10.0. The number of amides is 1. The van der Waals surface area contributed by atoms with E-state index in [0.717, 1.165) is 25.2 Å². The number of aryl methyl sites for hydroxylation is 1. The van der Waals surface area contributed by atoms with Gasteiger partial charge in [-0.2, -0.15) is 4.98 Å². The van der Waals surface area contributed by atoms with Gasteiger partial charge in [0.05, 0.1) is 0 Å². The fourth-order valence-electron chi connectivity index (χ4n) is 3.70. The fraction of sp³-hybridized carbons (Fsp3) is 0.348. The van der Waals surface area contributed by atoms with E-state index in [0.29, 0.717) is 23.8 Å². The number of hydrogen-bond acceptors (Lipinski definition) is 5. The Hall–Kier alpha value is -2.99. The Labute approximate surface area is 170 Å². The van der Waals surface area contributed by atoms with Crippen LogP contribution in [0.3, 0.4) is 0 Å². The van der Waals surface area contributed by atoms with Gasteiger partial charge in [-0.3, -0.25) is 9.69 Å². The third kappa shape index (κ3) is 4.90. The van der Waals surface area contributed by atoms with E-state index in [4.69, 9.17) is 4.52 Å². The van der Waals surface area contributed by atoms with Crippen molar-refractivity contribution in [1.82, 2.24) is 20.4 Å². The number of carbonyl (C=O) groups excluding carboxylic acids is 1. The molecule has 0 radical (unpaired) electrons. The number of benzene rings is 2. The minimum absolute atomic E-state index is 0.0916. The molecule has 0 bridgehead atoms. The molecule has 1 aliphatic rings. The van der Waals surface area contributed by atoms with E-state index in [-0.39, 0.29) is 5.91 Å². The van der Waals surface area contributed by atoms with Crippen LogP contribution >= 0.6 is 0 Å². The Morgan fingerprint density at radius 2 is 1.76 bits per heavy atom. The molecule has 6 nitrogen and oxygen atoms in total. The van der Waals surface area contributed by atoms with Crippen molar-refractivity contribution >= 4 is 5.91 Å². The van der Waals surface area contributed by atoms with Crippen LogP contribution in [0.1, 0.15) is 46.6 Å². The normalized spacial score (nSPS) is 14.7. The van der Waals surface area contributed by atoms with E-state index in [1.54, 1.807) is 19.1 Å². The van der Waals surface area contributed by atoms with Gasteiger partial charge in [0.1, 0.15) is 0 Å². The van der Waals surface area contributed by atoms with Gasteiger partial charge in [0.2, 0.25) is 0 Å². The number of piperidine rings is 1. The molecule has 3 aromatic rings. The van der Waals surface area contributed by atoms with E-state index in [2.05, 4.69) is 38.6 Å². The van der Waals surface area contributed by atoms with Crippen molar-refractivity contribution in [2.24, 2.45) is 0 Å². The lowest BCUT2D eigenvalue weighted by Gasteiger charge is -2.27. The molecule has 1 saturated heterocycles. The summed E-state index contributed by atoms with van der Waals surface area (Å²) in [4.78, 5) is 19.3. The minimum atomic E-state index is -0.0916. The molecule has 2 aromatic carbocycles. The molecular weight excluding hydrogens is 364 g/mol. The van der Waals surface area contributed by atoms with Gasteiger partial charge in [-0.15, -0.1) is 0 Å². The molecule has 1 amide bonds. The molecule has 29 heavy (non-hydrogen) atoms. The molecule has 1 fully saturated rings. The first kappa shape index (κ1) is 19.3. The van der Waals surface area contributed by atoms with Crippen molar-refractivity contribution in [1.29, 1.82) is 0 Å². The Kier molecular flexibility index (Phi) is 6.00. The maximum absolute atomic E-state index is 12.6. The zero-order chi connectivity index (χ0) is 20.1. The summed E-state index contributed by atoms with van der Waals surface area (Å²) in [5.41, 5.74) is 3.87. The van der Waals surface area contributed by atoms with Crippen LogP contribution in [0, 0.1) is 6.92 Å². The molecular formula is C23H26N4O2. The molecule has 4 rings (SSSR count). The van der Waals surface area contributed by atoms with Crippen LogP contribution in [0.4, 0.5) is 0 Å². The number of carbonyl (C=O) groups is 1. The van der Waals surface area contributed by atoms with Crippen LogP contribution in [-0.2, 0) is 13.1 Å². The zero-order valence-corrected chi connectivity index (χ0v) is 16.7. The molecule has 1 aromatic heterocycles. The molecule has 6 heteroatoms. The highest BCUT2D eigenvalue weighted by atomic mass is 16.5. The predicted octanol–water partition coefficient (Wildman–Crippen LogP) is 3.96. The summed E-state index contributed by atoms with van der Waals surface area (Å²) < 4.78 is 5.17. The van der Waals surface area contributed by atoms with Gasteiger partial charge in [0, 0.05) is 24.2 Å². The molecule has 1 aliphatic heterocycles. The van der Waals surface area contributed by atoms with Crippen molar-refractivity contribution < 1.29 is 9.32 Å². The van der Waals surface area contributed by atoms with Gasteiger partial charge >= 0.3 is 0 Å². The third-order valence-corrected chi connectivity index (χ3v) is 5.32. The SMILES string of the molecule is Cc1noc(-c2ccc(C(=O)NCc3ccccc3CN3CCCCC3)cc2)n1. The average molecular weight is 390 g/mol. The first-order valence-corrected chi connectivity index (χ1v) is 10.2. The predicted molar refractivity (Wildman–Crippen MR) is 111 cm³/mol. The second-order valence-corrected chi connectivity index (χ2v) is 7.51. The number of nitrogens with one attached hydrogen (secondary N) is 1. The third-order valence-electron chi connectivity index (χ3n) is 5.32. The summed E-state index contributed by atoms with van der Waals surface area (Å²) in [6, 6.07) is 15.6. The Morgan fingerprint density at radius 1 is 1.03 bits per heavy atom.